The van der Waals surface area contributed by atoms with Crippen molar-refractivity contribution >= 4 is 5.97 Å². The van der Waals surface area contributed by atoms with Gasteiger partial charge in [0.15, 0.2) is 6.10 Å². The topological polar surface area (TPSA) is 49.7 Å². The van der Waals surface area contributed by atoms with E-state index in [2.05, 4.69) is 66.9 Å². The molecule has 0 unspecified atom stereocenters. The number of benzene rings is 3. The van der Waals surface area contributed by atoms with E-state index in [1.807, 2.05) is 49.4 Å². The van der Waals surface area contributed by atoms with Crippen LogP contribution in [0.2, 0.25) is 0 Å². The number of nitrogens with zero attached hydrogens (tertiary/aromatic N) is 1. The van der Waals surface area contributed by atoms with Gasteiger partial charge in [0.1, 0.15) is 11.5 Å². The number of rotatable bonds is 17. The Balaban J connectivity index is 1.12. The Morgan fingerprint density at radius 2 is 1.49 bits per heavy atom. The van der Waals surface area contributed by atoms with Crippen LogP contribution in [0.25, 0.3) is 11.3 Å². The van der Waals surface area contributed by atoms with Crippen molar-refractivity contribution in [3.63, 3.8) is 0 Å². The van der Waals surface area contributed by atoms with E-state index in [1.54, 1.807) is 0 Å². The fraction of sp³-hybridized carbons (Fsp3) is 0.452. The number of ether oxygens (including phenoxy) is 3. The zero-order valence-electron chi connectivity index (χ0n) is 28.7. The van der Waals surface area contributed by atoms with Crippen LogP contribution < -0.4 is 9.47 Å². The normalized spacial score (nSPS) is 16.8. The molecule has 0 amide bonds. The lowest BCUT2D eigenvalue weighted by Crippen LogP contribution is -2.31. The lowest BCUT2D eigenvalue weighted by atomic mass is 9.80. The Morgan fingerprint density at radius 1 is 0.787 bits per heavy atom. The van der Waals surface area contributed by atoms with E-state index in [4.69, 9.17) is 14.2 Å². The van der Waals surface area contributed by atoms with Crippen molar-refractivity contribution in [1.29, 1.82) is 0 Å². The molecule has 47 heavy (non-hydrogen) atoms. The van der Waals surface area contributed by atoms with Gasteiger partial charge in [-0.25, -0.2) is 4.79 Å². The van der Waals surface area contributed by atoms with Crippen molar-refractivity contribution in [1.82, 2.24) is 4.57 Å². The summed E-state index contributed by atoms with van der Waals surface area (Å²) in [6.45, 7) is 8.31. The Hall–Kier alpha value is -3.99. The van der Waals surface area contributed by atoms with Gasteiger partial charge < -0.3 is 18.8 Å². The molecular formula is C42H53NO4. The van der Waals surface area contributed by atoms with Crippen molar-refractivity contribution in [2.24, 2.45) is 11.8 Å². The molecule has 250 valence electrons. The van der Waals surface area contributed by atoms with Crippen LogP contribution in [0, 0.1) is 18.8 Å². The Morgan fingerprint density at radius 3 is 2.19 bits per heavy atom. The third kappa shape index (κ3) is 10.2. The number of hydrogen-bond donors (Lipinski definition) is 0. The molecule has 0 radical (unpaired) electrons. The first kappa shape index (κ1) is 34.3. The van der Waals surface area contributed by atoms with Crippen LogP contribution in [-0.4, -0.2) is 29.9 Å². The molecule has 3 aromatic carbocycles. The molecule has 0 spiro atoms. The Labute approximate surface area is 282 Å². The minimum Gasteiger partial charge on any atom is -0.493 e. The summed E-state index contributed by atoms with van der Waals surface area (Å²) in [7, 11) is 0. The second-order valence-corrected chi connectivity index (χ2v) is 13.2. The van der Waals surface area contributed by atoms with Crippen LogP contribution >= 0.6 is 0 Å². The number of unbranched alkanes of at least 4 members (excludes halogenated alkanes) is 2. The summed E-state index contributed by atoms with van der Waals surface area (Å²) in [6, 6.07) is 30.9. The highest BCUT2D eigenvalue weighted by Crippen LogP contribution is 2.33. The summed E-state index contributed by atoms with van der Waals surface area (Å²) in [5.74, 6) is 2.92. The Bertz CT molecular complexity index is 1480. The summed E-state index contributed by atoms with van der Waals surface area (Å²) in [4.78, 5) is 12.7. The molecule has 0 bridgehead atoms. The summed E-state index contributed by atoms with van der Waals surface area (Å²) >= 11 is 0. The molecule has 5 rings (SSSR count). The molecule has 0 N–H and O–H groups in total. The molecule has 1 heterocycles. The van der Waals surface area contributed by atoms with E-state index in [9.17, 15) is 4.79 Å². The lowest BCUT2D eigenvalue weighted by molar-refractivity contribution is -0.151. The van der Waals surface area contributed by atoms with E-state index in [-0.39, 0.29) is 5.97 Å². The van der Waals surface area contributed by atoms with Crippen LogP contribution in [0.1, 0.15) is 82.0 Å². The maximum atomic E-state index is 12.7. The van der Waals surface area contributed by atoms with Gasteiger partial charge in [-0.2, -0.15) is 0 Å². The fourth-order valence-corrected chi connectivity index (χ4v) is 6.80. The van der Waals surface area contributed by atoms with Gasteiger partial charge in [0.25, 0.3) is 0 Å². The van der Waals surface area contributed by atoms with E-state index in [0.29, 0.717) is 24.7 Å². The van der Waals surface area contributed by atoms with Crippen molar-refractivity contribution in [2.45, 2.75) is 97.6 Å². The second-order valence-electron chi connectivity index (χ2n) is 13.2. The average molecular weight is 636 g/mol. The van der Waals surface area contributed by atoms with Gasteiger partial charge in [-0.1, -0.05) is 87.9 Å². The molecular weight excluding hydrogens is 582 g/mol. The average Bonchev–Trinajstić information content (AvgIpc) is 3.48. The minimum atomic E-state index is -0.703. The monoisotopic (exact) mass is 635 g/mol. The molecule has 1 fully saturated rings. The molecule has 1 aliphatic carbocycles. The predicted octanol–water partition coefficient (Wildman–Crippen LogP) is 10.0. The molecule has 1 aliphatic rings. The van der Waals surface area contributed by atoms with Crippen LogP contribution in [0.3, 0.4) is 0 Å². The quantitative estimate of drug-likeness (QED) is 0.0856. The third-order valence-corrected chi connectivity index (χ3v) is 9.66. The third-order valence-electron chi connectivity index (χ3n) is 9.66. The number of carbonyl (C=O) groups excluding carboxylic acids is 1. The number of carbonyl (C=O) groups is 1. The highest BCUT2D eigenvalue weighted by molar-refractivity contribution is 5.75. The summed E-state index contributed by atoms with van der Waals surface area (Å²) < 4.78 is 20.1. The van der Waals surface area contributed by atoms with Crippen LogP contribution in [0.15, 0.2) is 91.0 Å². The molecule has 0 aliphatic heterocycles. The number of hydrogen-bond acceptors (Lipinski definition) is 4. The van der Waals surface area contributed by atoms with Gasteiger partial charge in [-0.3, -0.25) is 0 Å². The fourth-order valence-electron chi connectivity index (χ4n) is 6.80. The van der Waals surface area contributed by atoms with Gasteiger partial charge in [0, 0.05) is 24.4 Å². The first-order valence-corrected chi connectivity index (χ1v) is 17.9. The molecule has 1 atom stereocenters. The molecule has 1 saturated carbocycles. The summed E-state index contributed by atoms with van der Waals surface area (Å²) in [5.41, 5.74) is 5.84. The van der Waals surface area contributed by atoms with E-state index in [1.165, 1.54) is 68.3 Å². The van der Waals surface area contributed by atoms with E-state index >= 15 is 0 Å². The largest absolute Gasteiger partial charge is 0.493 e. The number of aromatic nitrogens is 1. The van der Waals surface area contributed by atoms with Gasteiger partial charge >= 0.3 is 5.97 Å². The summed E-state index contributed by atoms with van der Waals surface area (Å²) in [5, 5.41) is 0. The zero-order valence-corrected chi connectivity index (χ0v) is 28.7. The van der Waals surface area contributed by atoms with Gasteiger partial charge in [0.05, 0.1) is 13.2 Å². The maximum absolute atomic E-state index is 12.7. The number of aryl methyl sites for hydroxylation is 2. The second kappa shape index (κ2) is 17.8. The van der Waals surface area contributed by atoms with Crippen LogP contribution in [-0.2, 0) is 28.9 Å². The van der Waals surface area contributed by atoms with Gasteiger partial charge in [0.2, 0.25) is 0 Å². The first-order chi connectivity index (χ1) is 23.0. The SMILES string of the molecule is CCCCCC1CCC(COc2ccc(CCn3c(C)ccc3-c3ccc(O[C@H](Cc4ccccc4)C(=O)OCC)cc3)cc2)CC1. The maximum Gasteiger partial charge on any atom is 0.347 e. The van der Waals surface area contributed by atoms with Crippen molar-refractivity contribution in [3.8, 4) is 22.8 Å². The van der Waals surface area contributed by atoms with Crippen LogP contribution in [0.5, 0.6) is 11.5 Å². The first-order valence-electron chi connectivity index (χ1n) is 17.9. The highest BCUT2D eigenvalue weighted by Gasteiger charge is 2.23. The number of esters is 1. The molecule has 0 saturated heterocycles. The lowest BCUT2D eigenvalue weighted by Gasteiger charge is -2.28. The van der Waals surface area contributed by atoms with Gasteiger partial charge in [-0.05, 0) is 110 Å². The van der Waals surface area contributed by atoms with Crippen LogP contribution in [0.4, 0.5) is 0 Å². The predicted molar refractivity (Wildman–Crippen MR) is 191 cm³/mol. The molecule has 5 heteroatoms. The van der Waals surface area contributed by atoms with Crippen molar-refractivity contribution in [2.75, 3.05) is 13.2 Å². The molecule has 1 aromatic heterocycles. The molecule has 4 aromatic rings. The Kier molecular flexibility index (Phi) is 13.0. The summed E-state index contributed by atoms with van der Waals surface area (Å²) in [6.07, 6.45) is 11.6. The standard InChI is InChI=1S/C42H53NO4/c1-4-6-8-11-33-15-17-36(18-16-33)31-46-38-23-19-34(20-24-38)28-29-43-32(3)14-27-40(43)37-21-25-39(26-22-37)47-41(42(44)45-5-2)30-35-12-9-7-10-13-35/h7,9-10,12-14,19-27,33,36,41H,4-6,8,11,15-18,28-31H2,1-3H3/t33?,36?,41-/m1/s1. The smallest absolute Gasteiger partial charge is 0.347 e. The van der Waals surface area contributed by atoms with E-state index in [0.717, 1.165) is 42.4 Å². The van der Waals surface area contributed by atoms with E-state index < -0.39 is 6.10 Å². The van der Waals surface area contributed by atoms with Crippen molar-refractivity contribution < 1.29 is 19.0 Å². The van der Waals surface area contributed by atoms with Crippen molar-refractivity contribution in [3.05, 3.63) is 108 Å². The molecule has 5 nitrogen and oxygen atoms in total. The highest BCUT2D eigenvalue weighted by atomic mass is 16.6. The van der Waals surface area contributed by atoms with Gasteiger partial charge in [-0.15, -0.1) is 0 Å². The minimum absolute atomic E-state index is 0.320. The zero-order chi connectivity index (χ0) is 32.8.